The van der Waals surface area contributed by atoms with E-state index in [-0.39, 0.29) is 0 Å². The first-order valence-corrected chi connectivity index (χ1v) is 6.00. The summed E-state index contributed by atoms with van der Waals surface area (Å²) in [7, 11) is 0. The Balaban J connectivity index is 2.62. The van der Waals surface area contributed by atoms with Gasteiger partial charge in [-0.25, -0.2) is 0 Å². The van der Waals surface area contributed by atoms with E-state index in [0.717, 1.165) is 6.42 Å². The van der Waals surface area contributed by atoms with Crippen molar-refractivity contribution >= 4 is 6.21 Å². The van der Waals surface area contributed by atoms with Crippen molar-refractivity contribution in [1.29, 1.82) is 0 Å². The maximum Gasteiger partial charge on any atom is 0.0261 e. The Hall–Kier alpha value is -1.63. The normalized spacial score (nSPS) is 13.9. The van der Waals surface area contributed by atoms with Crippen LogP contribution in [0.4, 0.5) is 0 Å². The van der Waals surface area contributed by atoms with Crippen molar-refractivity contribution < 1.29 is 0 Å². The molecule has 0 N–H and O–H groups in total. The summed E-state index contributed by atoms with van der Waals surface area (Å²) in [5.41, 5.74) is 3.98. The molecule has 0 aliphatic rings. The van der Waals surface area contributed by atoms with E-state index in [9.17, 15) is 0 Å². The van der Waals surface area contributed by atoms with Crippen LogP contribution in [0.2, 0.25) is 0 Å². The Morgan fingerprint density at radius 2 is 2.00 bits per heavy atom. The molecular formula is C16H21N. The van der Waals surface area contributed by atoms with Gasteiger partial charge in [0.05, 0.1) is 0 Å². The first-order valence-electron chi connectivity index (χ1n) is 6.00. The SMILES string of the molecule is C=CC=N/C=C(\C)C(C)Cc1ccc(C)cc1. The lowest BCUT2D eigenvalue weighted by Gasteiger charge is -2.11. The van der Waals surface area contributed by atoms with Crippen LogP contribution >= 0.6 is 0 Å². The van der Waals surface area contributed by atoms with Crippen molar-refractivity contribution in [2.75, 3.05) is 0 Å². The Morgan fingerprint density at radius 3 is 2.59 bits per heavy atom. The highest BCUT2D eigenvalue weighted by Crippen LogP contribution is 2.16. The van der Waals surface area contributed by atoms with Gasteiger partial charge in [-0.3, -0.25) is 4.99 Å². The second-order valence-electron chi connectivity index (χ2n) is 4.50. The van der Waals surface area contributed by atoms with E-state index >= 15 is 0 Å². The predicted octanol–water partition coefficient (Wildman–Crippen LogP) is 4.33. The van der Waals surface area contributed by atoms with Gasteiger partial charge in [0.1, 0.15) is 0 Å². The molecule has 1 aromatic rings. The fraction of sp³-hybridized carbons (Fsp3) is 0.312. The molecule has 1 aromatic carbocycles. The van der Waals surface area contributed by atoms with Crippen LogP contribution in [0.25, 0.3) is 0 Å². The maximum atomic E-state index is 4.16. The first kappa shape index (κ1) is 13.4. The zero-order chi connectivity index (χ0) is 12.7. The van der Waals surface area contributed by atoms with Crippen molar-refractivity contribution in [2.24, 2.45) is 10.9 Å². The predicted molar refractivity (Wildman–Crippen MR) is 76.5 cm³/mol. The quantitative estimate of drug-likeness (QED) is 0.664. The molecule has 1 rings (SSSR count). The van der Waals surface area contributed by atoms with Gasteiger partial charge in [0.15, 0.2) is 0 Å². The highest BCUT2D eigenvalue weighted by atomic mass is 14.7. The number of rotatable bonds is 5. The highest BCUT2D eigenvalue weighted by Gasteiger charge is 2.05. The van der Waals surface area contributed by atoms with Gasteiger partial charge in [0.25, 0.3) is 0 Å². The molecule has 0 amide bonds. The van der Waals surface area contributed by atoms with Gasteiger partial charge in [-0.2, -0.15) is 0 Å². The van der Waals surface area contributed by atoms with E-state index < -0.39 is 0 Å². The van der Waals surface area contributed by atoms with Crippen molar-refractivity contribution in [3.8, 4) is 0 Å². The number of hydrogen-bond donors (Lipinski definition) is 0. The molecule has 1 unspecified atom stereocenters. The van der Waals surface area contributed by atoms with Crippen LogP contribution in [0.5, 0.6) is 0 Å². The summed E-state index contributed by atoms with van der Waals surface area (Å²) in [4.78, 5) is 4.16. The molecule has 0 spiro atoms. The first-order chi connectivity index (χ1) is 8.13. The third kappa shape index (κ3) is 4.81. The van der Waals surface area contributed by atoms with E-state index in [1.165, 1.54) is 16.7 Å². The monoisotopic (exact) mass is 227 g/mol. The maximum absolute atomic E-state index is 4.16. The molecule has 0 saturated carbocycles. The lowest BCUT2D eigenvalue weighted by atomic mass is 9.95. The van der Waals surface area contributed by atoms with Crippen molar-refractivity contribution in [2.45, 2.75) is 27.2 Å². The van der Waals surface area contributed by atoms with Crippen LogP contribution in [-0.4, -0.2) is 6.21 Å². The molecule has 0 bridgehead atoms. The fourth-order valence-corrected chi connectivity index (χ4v) is 1.59. The summed E-state index contributed by atoms with van der Waals surface area (Å²) < 4.78 is 0. The molecule has 0 aromatic heterocycles. The van der Waals surface area contributed by atoms with E-state index in [4.69, 9.17) is 0 Å². The molecule has 0 aliphatic heterocycles. The Labute approximate surface area is 105 Å². The topological polar surface area (TPSA) is 12.4 Å². The number of hydrogen-bond acceptors (Lipinski definition) is 1. The Morgan fingerprint density at radius 1 is 1.35 bits per heavy atom. The number of nitrogens with zero attached hydrogens (tertiary/aromatic N) is 1. The smallest absolute Gasteiger partial charge is 0.0261 e. The summed E-state index contributed by atoms with van der Waals surface area (Å²) in [5.74, 6) is 0.514. The zero-order valence-electron chi connectivity index (χ0n) is 11.0. The molecule has 17 heavy (non-hydrogen) atoms. The van der Waals surface area contributed by atoms with Crippen LogP contribution in [0, 0.1) is 12.8 Å². The standard InChI is InChI=1S/C16H21N/c1-5-10-17-12-15(4)14(3)11-16-8-6-13(2)7-9-16/h5-10,12,14H,1,11H2,2-4H3/b15-12+,17-10?. The van der Waals surface area contributed by atoms with Crippen molar-refractivity contribution in [3.63, 3.8) is 0 Å². The summed E-state index contributed by atoms with van der Waals surface area (Å²) in [6, 6.07) is 8.73. The molecule has 0 heterocycles. The van der Waals surface area contributed by atoms with Crippen LogP contribution in [0.3, 0.4) is 0 Å². The minimum atomic E-state index is 0.514. The Bertz CT molecular complexity index is 410. The van der Waals surface area contributed by atoms with Gasteiger partial charge in [-0.15, -0.1) is 0 Å². The average molecular weight is 227 g/mol. The molecule has 0 radical (unpaired) electrons. The van der Waals surface area contributed by atoms with Gasteiger partial charge in [-0.1, -0.05) is 55.0 Å². The second kappa shape index (κ2) is 6.85. The van der Waals surface area contributed by atoms with Gasteiger partial charge in [0.2, 0.25) is 0 Å². The summed E-state index contributed by atoms with van der Waals surface area (Å²) >= 11 is 0. The minimum absolute atomic E-state index is 0.514. The zero-order valence-corrected chi connectivity index (χ0v) is 11.0. The van der Waals surface area contributed by atoms with Crippen LogP contribution in [0.1, 0.15) is 25.0 Å². The molecule has 1 atom stereocenters. The van der Waals surface area contributed by atoms with Gasteiger partial charge in [0, 0.05) is 12.4 Å². The fourth-order valence-electron chi connectivity index (χ4n) is 1.59. The average Bonchev–Trinajstić information content (AvgIpc) is 2.32. The van der Waals surface area contributed by atoms with Crippen molar-refractivity contribution in [3.05, 3.63) is 59.8 Å². The molecule has 0 saturated heterocycles. The summed E-state index contributed by atoms with van der Waals surface area (Å²) in [6.07, 6.45) is 6.38. The molecular weight excluding hydrogens is 206 g/mol. The molecule has 90 valence electrons. The minimum Gasteiger partial charge on any atom is -0.265 e. The van der Waals surface area contributed by atoms with Crippen LogP contribution in [0.15, 0.2) is 53.7 Å². The second-order valence-corrected chi connectivity index (χ2v) is 4.50. The molecule has 1 heteroatoms. The van der Waals surface area contributed by atoms with E-state index in [2.05, 4.69) is 56.6 Å². The van der Waals surface area contributed by atoms with Gasteiger partial charge in [-0.05, 0) is 31.7 Å². The number of benzene rings is 1. The largest absolute Gasteiger partial charge is 0.265 e. The van der Waals surface area contributed by atoms with E-state index in [0.29, 0.717) is 5.92 Å². The third-order valence-corrected chi connectivity index (χ3v) is 2.91. The van der Waals surface area contributed by atoms with Gasteiger partial charge >= 0.3 is 0 Å². The summed E-state index contributed by atoms with van der Waals surface area (Å²) in [6.45, 7) is 10.1. The highest BCUT2D eigenvalue weighted by molar-refractivity contribution is 5.70. The number of aliphatic imine (C=N–C) groups is 1. The molecule has 0 aliphatic carbocycles. The van der Waals surface area contributed by atoms with Gasteiger partial charge < -0.3 is 0 Å². The number of aryl methyl sites for hydroxylation is 1. The van der Waals surface area contributed by atoms with Crippen LogP contribution < -0.4 is 0 Å². The number of allylic oxidation sites excluding steroid dienone is 2. The molecule has 0 fully saturated rings. The Kier molecular flexibility index (Phi) is 5.41. The summed E-state index contributed by atoms with van der Waals surface area (Å²) in [5, 5.41) is 0. The van der Waals surface area contributed by atoms with E-state index in [1.807, 2.05) is 6.20 Å². The molecule has 1 nitrogen and oxygen atoms in total. The van der Waals surface area contributed by atoms with E-state index in [1.54, 1.807) is 12.3 Å². The lowest BCUT2D eigenvalue weighted by molar-refractivity contribution is 0.675. The van der Waals surface area contributed by atoms with Crippen molar-refractivity contribution in [1.82, 2.24) is 0 Å². The van der Waals surface area contributed by atoms with Crippen LogP contribution in [-0.2, 0) is 6.42 Å². The lowest BCUT2D eigenvalue weighted by Crippen LogP contribution is -2.01. The third-order valence-electron chi connectivity index (χ3n) is 2.91.